The van der Waals surface area contributed by atoms with E-state index in [1.54, 1.807) is 4.90 Å². The monoisotopic (exact) mass is 253 g/mol. The number of rotatable bonds is 3. The van der Waals surface area contributed by atoms with E-state index in [1.165, 1.54) is 0 Å². The van der Waals surface area contributed by atoms with Crippen LogP contribution in [0.1, 0.15) is 39.0 Å². The Morgan fingerprint density at radius 2 is 2.22 bits per heavy atom. The van der Waals surface area contributed by atoms with Gasteiger partial charge in [0.25, 0.3) is 0 Å². The van der Waals surface area contributed by atoms with Gasteiger partial charge < -0.3 is 15.5 Å². The highest BCUT2D eigenvalue weighted by molar-refractivity contribution is 5.88. The molecule has 2 heterocycles. The maximum atomic E-state index is 12.5. The standard InChI is InChI=1S/C13H23N3O2/c1-2-11(16-8-4-6-12(16)17)13(18)15-7-3-5-10(14)9-15/h10-11H,2-9,14H2,1H3. The van der Waals surface area contributed by atoms with Gasteiger partial charge in [-0.15, -0.1) is 0 Å². The first-order valence-electron chi connectivity index (χ1n) is 6.97. The Bertz CT molecular complexity index is 332. The summed E-state index contributed by atoms with van der Waals surface area (Å²) in [5.41, 5.74) is 5.91. The molecule has 2 saturated heterocycles. The largest absolute Gasteiger partial charge is 0.339 e. The average molecular weight is 253 g/mol. The van der Waals surface area contributed by atoms with Gasteiger partial charge in [-0.3, -0.25) is 9.59 Å². The molecule has 2 amide bonds. The maximum Gasteiger partial charge on any atom is 0.245 e. The van der Waals surface area contributed by atoms with Crippen LogP contribution in [-0.4, -0.2) is 53.3 Å². The lowest BCUT2D eigenvalue weighted by molar-refractivity contribution is -0.144. The van der Waals surface area contributed by atoms with Crippen molar-refractivity contribution in [3.63, 3.8) is 0 Å². The van der Waals surface area contributed by atoms with Crippen molar-refractivity contribution in [2.75, 3.05) is 19.6 Å². The highest BCUT2D eigenvalue weighted by Crippen LogP contribution is 2.19. The summed E-state index contributed by atoms with van der Waals surface area (Å²) in [6, 6.07) is -0.181. The minimum absolute atomic E-state index is 0.0860. The van der Waals surface area contributed by atoms with Crippen molar-refractivity contribution >= 4 is 11.8 Å². The van der Waals surface area contributed by atoms with Crippen LogP contribution in [0.3, 0.4) is 0 Å². The molecule has 2 unspecified atom stereocenters. The number of carbonyl (C=O) groups excluding carboxylic acids is 2. The molecule has 2 fully saturated rings. The van der Waals surface area contributed by atoms with E-state index in [4.69, 9.17) is 5.73 Å². The summed E-state index contributed by atoms with van der Waals surface area (Å²) < 4.78 is 0. The molecule has 0 bridgehead atoms. The van der Waals surface area contributed by atoms with Crippen molar-refractivity contribution < 1.29 is 9.59 Å². The highest BCUT2D eigenvalue weighted by atomic mass is 16.2. The number of piperidine rings is 1. The Hall–Kier alpha value is -1.10. The fourth-order valence-corrected chi connectivity index (χ4v) is 2.95. The van der Waals surface area contributed by atoms with Gasteiger partial charge >= 0.3 is 0 Å². The predicted octanol–water partition coefficient (Wildman–Crippen LogP) is 0.337. The first kappa shape index (κ1) is 13.3. The molecule has 2 atom stereocenters. The molecule has 2 N–H and O–H groups in total. The van der Waals surface area contributed by atoms with Crippen molar-refractivity contribution in [1.82, 2.24) is 9.80 Å². The van der Waals surface area contributed by atoms with Crippen LogP contribution in [0.25, 0.3) is 0 Å². The predicted molar refractivity (Wildman–Crippen MR) is 68.8 cm³/mol. The van der Waals surface area contributed by atoms with Gasteiger partial charge in [0.1, 0.15) is 6.04 Å². The van der Waals surface area contributed by atoms with Crippen LogP contribution in [0.4, 0.5) is 0 Å². The zero-order chi connectivity index (χ0) is 13.1. The fourth-order valence-electron chi connectivity index (χ4n) is 2.95. The average Bonchev–Trinajstić information content (AvgIpc) is 2.77. The van der Waals surface area contributed by atoms with E-state index in [0.29, 0.717) is 19.4 Å². The van der Waals surface area contributed by atoms with E-state index >= 15 is 0 Å². The first-order chi connectivity index (χ1) is 8.63. The van der Waals surface area contributed by atoms with Gasteiger partial charge in [-0.25, -0.2) is 0 Å². The van der Waals surface area contributed by atoms with Gasteiger partial charge in [0.05, 0.1) is 0 Å². The second-order valence-electron chi connectivity index (χ2n) is 5.30. The molecule has 2 aliphatic rings. The maximum absolute atomic E-state index is 12.5. The van der Waals surface area contributed by atoms with Crippen LogP contribution in [0.2, 0.25) is 0 Å². The number of carbonyl (C=O) groups is 2. The van der Waals surface area contributed by atoms with Crippen molar-refractivity contribution in [3.8, 4) is 0 Å². The number of hydrogen-bond acceptors (Lipinski definition) is 3. The van der Waals surface area contributed by atoms with Crippen LogP contribution < -0.4 is 5.73 Å². The molecule has 0 aliphatic carbocycles. The molecule has 2 aliphatic heterocycles. The smallest absolute Gasteiger partial charge is 0.245 e. The van der Waals surface area contributed by atoms with Crippen molar-refractivity contribution in [1.29, 1.82) is 0 Å². The summed E-state index contributed by atoms with van der Waals surface area (Å²) >= 11 is 0. The zero-order valence-corrected chi connectivity index (χ0v) is 11.1. The number of nitrogens with zero attached hydrogens (tertiary/aromatic N) is 2. The molecule has 0 spiro atoms. The molecular formula is C13H23N3O2. The van der Waals surface area contributed by atoms with E-state index in [0.717, 1.165) is 32.4 Å². The van der Waals surface area contributed by atoms with Gasteiger partial charge in [0, 0.05) is 32.1 Å². The summed E-state index contributed by atoms with van der Waals surface area (Å²) in [6.07, 6.45) is 4.11. The Balaban J connectivity index is 2.02. The highest BCUT2D eigenvalue weighted by Gasteiger charge is 2.35. The molecule has 102 valence electrons. The molecule has 0 aromatic carbocycles. The third kappa shape index (κ3) is 2.66. The molecular weight excluding hydrogens is 230 g/mol. The van der Waals surface area contributed by atoms with Crippen LogP contribution in [0.5, 0.6) is 0 Å². The third-order valence-corrected chi connectivity index (χ3v) is 3.93. The van der Waals surface area contributed by atoms with Crippen molar-refractivity contribution in [2.24, 2.45) is 5.73 Å². The summed E-state index contributed by atoms with van der Waals surface area (Å²) in [5.74, 6) is 0.208. The van der Waals surface area contributed by atoms with Gasteiger partial charge in [-0.05, 0) is 25.7 Å². The molecule has 0 aromatic heterocycles. The van der Waals surface area contributed by atoms with Crippen LogP contribution in [0.15, 0.2) is 0 Å². The van der Waals surface area contributed by atoms with Crippen molar-refractivity contribution in [3.05, 3.63) is 0 Å². The lowest BCUT2D eigenvalue weighted by atomic mass is 10.0. The molecule has 18 heavy (non-hydrogen) atoms. The Morgan fingerprint density at radius 3 is 2.78 bits per heavy atom. The van der Waals surface area contributed by atoms with E-state index in [2.05, 4.69) is 0 Å². The summed E-state index contributed by atoms with van der Waals surface area (Å²) in [5, 5.41) is 0. The minimum Gasteiger partial charge on any atom is -0.339 e. The molecule has 0 radical (unpaired) electrons. The third-order valence-electron chi connectivity index (χ3n) is 3.93. The summed E-state index contributed by atoms with van der Waals surface area (Å²) in [7, 11) is 0. The van der Waals surface area contributed by atoms with Crippen LogP contribution >= 0.6 is 0 Å². The first-order valence-corrected chi connectivity index (χ1v) is 6.97. The van der Waals surface area contributed by atoms with Crippen LogP contribution in [0, 0.1) is 0 Å². The lowest BCUT2D eigenvalue weighted by Crippen LogP contribution is -2.53. The molecule has 2 rings (SSSR count). The summed E-state index contributed by atoms with van der Waals surface area (Å²) in [4.78, 5) is 27.8. The van der Waals surface area contributed by atoms with Gasteiger partial charge in [-0.1, -0.05) is 6.92 Å². The molecule has 5 heteroatoms. The lowest BCUT2D eigenvalue weighted by Gasteiger charge is -2.36. The molecule has 0 aromatic rings. The number of nitrogens with two attached hydrogens (primary N) is 1. The Morgan fingerprint density at radius 1 is 1.44 bits per heavy atom. The summed E-state index contributed by atoms with van der Waals surface area (Å²) in [6.45, 7) is 4.11. The van der Waals surface area contributed by atoms with Gasteiger partial charge in [0.2, 0.25) is 11.8 Å². The van der Waals surface area contributed by atoms with Gasteiger partial charge in [-0.2, -0.15) is 0 Å². The Kier molecular flexibility index (Phi) is 4.22. The topological polar surface area (TPSA) is 66.6 Å². The fraction of sp³-hybridized carbons (Fsp3) is 0.846. The zero-order valence-electron chi connectivity index (χ0n) is 11.1. The molecule has 0 saturated carbocycles. The quantitative estimate of drug-likeness (QED) is 0.788. The van der Waals surface area contributed by atoms with E-state index in [9.17, 15) is 9.59 Å². The number of likely N-dealkylation sites (tertiary alicyclic amines) is 2. The van der Waals surface area contributed by atoms with E-state index in [1.807, 2.05) is 11.8 Å². The second kappa shape index (κ2) is 5.69. The SMILES string of the molecule is CCC(C(=O)N1CCCC(N)C1)N1CCCC1=O. The van der Waals surface area contributed by atoms with Crippen molar-refractivity contribution in [2.45, 2.75) is 51.1 Å². The second-order valence-corrected chi connectivity index (χ2v) is 5.30. The minimum atomic E-state index is -0.273. The van der Waals surface area contributed by atoms with Gasteiger partial charge in [0.15, 0.2) is 0 Å². The number of hydrogen-bond donors (Lipinski definition) is 1. The van der Waals surface area contributed by atoms with E-state index < -0.39 is 0 Å². The van der Waals surface area contributed by atoms with E-state index in [-0.39, 0.29) is 23.9 Å². The molecule has 5 nitrogen and oxygen atoms in total. The van der Waals surface area contributed by atoms with Crippen LogP contribution in [-0.2, 0) is 9.59 Å². The number of amides is 2. The normalized spacial score (nSPS) is 26.6. The Labute approximate surface area is 108 Å².